The van der Waals surface area contributed by atoms with Crippen LogP contribution >= 0.6 is 0 Å². The Balaban J connectivity index is 0.000000226. The van der Waals surface area contributed by atoms with E-state index in [-0.39, 0.29) is 110 Å². The molecule has 0 aliphatic carbocycles. The lowest BCUT2D eigenvalue weighted by Crippen LogP contribution is -2.14. The largest absolute Gasteiger partial charge is 0.478 e. The van der Waals surface area contributed by atoms with Crippen LogP contribution in [0.1, 0.15) is 132 Å². The summed E-state index contributed by atoms with van der Waals surface area (Å²) in [6, 6.07) is 45.8. The molecule has 0 spiro atoms. The van der Waals surface area contributed by atoms with Gasteiger partial charge in [0, 0.05) is 70.2 Å². The predicted molar refractivity (Wildman–Crippen MR) is 292 cm³/mol. The van der Waals surface area contributed by atoms with Crippen LogP contribution in [0.25, 0.3) is 22.3 Å². The molecular weight excluding hydrogens is 993 g/mol. The van der Waals surface area contributed by atoms with E-state index in [4.69, 9.17) is 9.47 Å². The van der Waals surface area contributed by atoms with E-state index >= 15 is 0 Å². The number of aryl methyl sites for hydroxylation is 2. The van der Waals surface area contributed by atoms with Crippen LogP contribution in [0.3, 0.4) is 0 Å². The lowest BCUT2D eigenvalue weighted by atomic mass is 9.84. The predicted octanol–water partition coefficient (Wildman–Crippen LogP) is 13.7. The van der Waals surface area contributed by atoms with Gasteiger partial charge in [0.2, 0.25) is 0 Å². The van der Waals surface area contributed by atoms with Crippen molar-refractivity contribution in [1.82, 2.24) is 0 Å². The van der Waals surface area contributed by atoms with Crippen molar-refractivity contribution < 1.29 is 68.3 Å². The molecule has 0 heterocycles. The molecule has 14 heteroatoms. The fourth-order valence-electron chi connectivity index (χ4n) is 8.71. The fourth-order valence-corrected chi connectivity index (χ4v) is 8.71. The average molecular weight is 1050 g/mol. The van der Waals surface area contributed by atoms with Gasteiger partial charge >= 0.3 is 23.9 Å². The molecule has 8 rings (SSSR count). The number of Topliss-reactive ketones (excluding diaryl/α,β-unsaturated/α-hetero) is 4. The SMILES string of the molecule is CCC(=O)c1cccc(C(=O)Cc2ccc(Oc3ccc(C)cc3)cc2)c1-c1c(C(=O)O)cccc1C(=O)O.CCC(=O)c1cccc(C(=O)O)c1-c1c(C(=O)O)cccc1C(=O)Cc1ccc(Oc2ccc(C)cc2)cc1. The highest BCUT2D eigenvalue weighted by Gasteiger charge is 2.30. The van der Waals surface area contributed by atoms with Crippen LogP contribution in [0.2, 0.25) is 0 Å². The van der Waals surface area contributed by atoms with Gasteiger partial charge in [0.05, 0.1) is 22.3 Å². The Morgan fingerprint density at radius 2 is 0.526 bits per heavy atom. The van der Waals surface area contributed by atoms with Gasteiger partial charge in [0.15, 0.2) is 23.1 Å². The zero-order chi connectivity index (χ0) is 56.2. The first-order chi connectivity index (χ1) is 37.4. The van der Waals surface area contributed by atoms with Gasteiger partial charge in [-0.3, -0.25) is 19.2 Å². The molecule has 0 bridgehead atoms. The van der Waals surface area contributed by atoms with Gasteiger partial charge in [-0.15, -0.1) is 0 Å². The molecule has 78 heavy (non-hydrogen) atoms. The molecule has 0 aromatic heterocycles. The third-order valence-electron chi connectivity index (χ3n) is 12.6. The minimum atomic E-state index is -1.37. The first-order valence-electron chi connectivity index (χ1n) is 24.6. The highest BCUT2D eigenvalue weighted by Crippen LogP contribution is 2.38. The van der Waals surface area contributed by atoms with E-state index in [0.717, 1.165) is 11.1 Å². The zero-order valence-corrected chi connectivity index (χ0v) is 42.9. The number of benzene rings is 8. The number of carbonyl (C=O) groups excluding carboxylic acids is 4. The van der Waals surface area contributed by atoms with Crippen molar-refractivity contribution in [3.8, 4) is 45.3 Å². The van der Waals surface area contributed by atoms with E-state index in [1.54, 1.807) is 68.4 Å². The number of ether oxygens (including phenoxy) is 2. The first kappa shape index (κ1) is 55.7. The van der Waals surface area contributed by atoms with Crippen LogP contribution in [-0.2, 0) is 12.8 Å². The summed E-state index contributed by atoms with van der Waals surface area (Å²) < 4.78 is 11.7. The summed E-state index contributed by atoms with van der Waals surface area (Å²) in [6.07, 6.45) is 0.0305. The maximum absolute atomic E-state index is 13.6. The molecule has 8 aromatic carbocycles. The number of aromatic carboxylic acids is 4. The van der Waals surface area contributed by atoms with Crippen LogP contribution in [0, 0.1) is 13.8 Å². The van der Waals surface area contributed by atoms with Crippen LogP contribution in [0.15, 0.2) is 170 Å². The Hall–Kier alpha value is -10.1. The van der Waals surface area contributed by atoms with E-state index in [9.17, 15) is 58.8 Å². The molecular formula is C64H52O14. The Morgan fingerprint density at radius 1 is 0.308 bits per heavy atom. The second-order valence-corrected chi connectivity index (χ2v) is 18.0. The Bertz CT molecular complexity index is 3580. The average Bonchev–Trinajstić information content (AvgIpc) is 3.62. The number of hydrogen-bond acceptors (Lipinski definition) is 10. The highest BCUT2D eigenvalue weighted by atomic mass is 16.5. The molecule has 0 fully saturated rings. The topological polar surface area (TPSA) is 236 Å². The maximum atomic E-state index is 13.6. The number of rotatable bonds is 20. The highest BCUT2D eigenvalue weighted by molar-refractivity contribution is 6.17. The summed E-state index contributed by atoms with van der Waals surface area (Å²) in [7, 11) is 0. The third-order valence-corrected chi connectivity index (χ3v) is 12.6. The molecule has 392 valence electrons. The summed E-state index contributed by atoms with van der Waals surface area (Å²) in [5.41, 5.74) is 2.36. The van der Waals surface area contributed by atoms with E-state index in [1.165, 1.54) is 66.7 Å². The molecule has 0 amide bonds. The summed E-state index contributed by atoms with van der Waals surface area (Å²) >= 11 is 0. The van der Waals surface area contributed by atoms with Gasteiger partial charge in [-0.05, 0) is 97.8 Å². The van der Waals surface area contributed by atoms with Gasteiger partial charge in [0.25, 0.3) is 0 Å². The Labute approximate surface area is 448 Å². The number of hydrogen-bond donors (Lipinski definition) is 4. The van der Waals surface area contributed by atoms with E-state index in [2.05, 4.69) is 0 Å². The van der Waals surface area contributed by atoms with Gasteiger partial charge in [-0.25, -0.2) is 19.2 Å². The first-order valence-corrected chi connectivity index (χ1v) is 24.6. The van der Waals surface area contributed by atoms with Crippen LogP contribution < -0.4 is 9.47 Å². The monoisotopic (exact) mass is 1040 g/mol. The Morgan fingerprint density at radius 3 is 0.782 bits per heavy atom. The molecule has 0 atom stereocenters. The van der Waals surface area contributed by atoms with Crippen molar-refractivity contribution in [2.75, 3.05) is 0 Å². The van der Waals surface area contributed by atoms with Crippen LogP contribution in [-0.4, -0.2) is 67.4 Å². The maximum Gasteiger partial charge on any atom is 0.336 e. The lowest BCUT2D eigenvalue weighted by Gasteiger charge is -2.18. The van der Waals surface area contributed by atoms with E-state index < -0.39 is 29.7 Å². The molecule has 0 aliphatic heterocycles. The molecule has 0 aliphatic rings. The van der Waals surface area contributed by atoms with Crippen molar-refractivity contribution >= 4 is 47.0 Å². The quantitative estimate of drug-likeness (QED) is 0.0520. The number of carboxylic acid groups (broad SMARTS) is 4. The smallest absolute Gasteiger partial charge is 0.336 e. The zero-order valence-electron chi connectivity index (χ0n) is 42.9. The number of ketones is 4. The van der Waals surface area contributed by atoms with Crippen molar-refractivity contribution in [1.29, 1.82) is 0 Å². The standard InChI is InChI=1S/2C32H26O7/c1-3-27(33)23-6-4-8-25(31(35)36)29(23)30-24(7-5-9-26(30)32(37)38)28(34)18-20-12-16-22(17-13-20)39-21-14-10-19(2)11-15-21;1-3-27(33)23-6-4-7-24(29(23)30-25(31(35)36)8-5-9-26(30)32(37)38)28(34)18-20-12-16-22(17-13-20)39-21-14-10-19(2)11-15-21/h2*4-17H,3,18H2,1-2H3,(H,35,36)(H,37,38). The Kier molecular flexibility index (Phi) is 17.8. The minimum absolute atomic E-state index is 0.0177. The molecule has 14 nitrogen and oxygen atoms in total. The summed E-state index contributed by atoms with van der Waals surface area (Å²) in [6.45, 7) is 7.23. The number of carbonyl (C=O) groups is 8. The van der Waals surface area contributed by atoms with Gasteiger partial charge < -0.3 is 29.9 Å². The summed E-state index contributed by atoms with van der Waals surface area (Å²) in [5, 5.41) is 39.5. The van der Waals surface area contributed by atoms with Gasteiger partial charge in [0.1, 0.15) is 23.0 Å². The summed E-state index contributed by atoms with van der Waals surface area (Å²) in [5.74, 6) is -4.39. The normalized spacial score (nSPS) is 10.6. The van der Waals surface area contributed by atoms with Crippen molar-refractivity contribution in [3.63, 3.8) is 0 Å². The van der Waals surface area contributed by atoms with Gasteiger partial charge in [-0.2, -0.15) is 0 Å². The molecule has 4 N–H and O–H groups in total. The minimum Gasteiger partial charge on any atom is -0.478 e. The second-order valence-electron chi connectivity index (χ2n) is 18.0. The third kappa shape index (κ3) is 13.0. The van der Waals surface area contributed by atoms with Crippen LogP contribution in [0.5, 0.6) is 23.0 Å². The van der Waals surface area contributed by atoms with Gasteiger partial charge in [-0.1, -0.05) is 122 Å². The molecule has 0 saturated carbocycles. The second kappa shape index (κ2) is 25.0. The van der Waals surface area contributed by atoms with Crippen molar-refractivity contribution in [2.24, 2.45) is 0 Å². The molecule has 0 unspecified atom stereocenters. The van der Waals surface area contributed by atoms with E-state index in [0.29, 0.717) is 34.1 Å². The molecule has 0 saturated heterocycles. The van der Waals surface area contributed by atoms with Crippen molar-refractivity contribution in [2.45, 2.75) is 53.4 Å². The lowest BCUT2D eigenvalue weighted by molar-refractivity contribution is 0.0682. The van der Waals surface area contributed by atoms with Crippen LogP contribution in [0.4, 0.5) is 0 Å². The summed E-state index contributed by atoms with van der Waals surface area (Å²) in [4.78, 5) is 101. The molecule has 0 radical (unpaired) electrons. The van der Waals surface area contributed by atoms with Crippen molar-refractivity contribution in [3.05, 3.63) is 237 Å². The fraction of sp³-hybridized carbons (Fsp3) is 0.125. The molecule has 8 aromatic rings. The number of carboxylic acids is 4. The van der Waals surface area contributed by atoms with E-state index in [1.807, 2.05) is 62.4 Å².